The first kappa shape index (κ1) is 11.5. The fraction of sp³-hybridized carbons (Fsp3) is 0.200. The van der Waals surface area contributed by atoms with Gasteiger partial charge in [0, 0.05) is 25.5 Å². The number of hydrogen-bond donors (Lipinski definition) is 1. The SMILES string of the molecule is Cc1cc(-c2ccc(N(C)C)cc2)ccc1N. The molecule has 2 nitrogen and oxygen atoms in total. The van der Waals surface area contributed by atoms with Crippen LogP contribution in [0, 0.1) is 6.92 Å². The summed E-state index contributed by atoms with van der Waals surface area (Å²) >= 11 is 0. The molecule has 0 spiro atoms. The zero-order valence-electron chi connectivity index (χ0n) is 10.6. The molecular formula is C15H18N2. The van der Waals surface area contributed by atoms with Gasteiger partial charge in [-0.05, 0) is 47.9 Å². The maximum atomic E-state index is 5.82. The number of hydrogen-bond acceptors (Lipinski definition) is 2. The van der Waals surface area contributed by atoms with Gasteiger partial charge in [-0.1, -0.05) is 18.2 Å². The van der Waals surface area contributed by atoms with Crippen LogP contribution in [0.1, 0.15) is 5.56 Å². The van der Waals surface area contributed by atoms with Crippen molar-refractivity contribution < 1.29 is 0 Å². The minimum absolute atomic E-state index is 0.846. The van der Waals surface area contributed by atoms with E-state index < -0.39 is 0 Å². The highest BCUT2D eigenvalue weighted by Crippen LogP contribution is 2.25. The number of nitrogens with zero attached hydrogens (tertiary/aromatic N) is 1. The Morgan fingerprint density at radius 1 is 0.882 bits per heavy atom. The lowest BCUT2D eigenvalue weighted by molar-refractivity contribution is 1.13. The Hall–Kier alpha value is -1.96. The second-order valence-electron chi connectivity index (χ2n) is 4.51. The first-order chi connectivity index (χ1) is 8.08. The van der Waals surface area contributed by atoms with Gasteiger partial charge in [0.05, 0.1) is 0 Å². The van der Waals surface area contributed by atoms with E-state index in [2.05, 4.69) is 41.3 Å². The van der Waals surface area contributed by atoms with Gasteiger partial charge in [0.15, 0.2) is 0 Å². The lowest BCUT2D eigenvalue weighted by Crippen LogP contribution is -2.07. The van der Waals surface area contributed by atoms with Crippen molar-refractivity contribution in [2.24, 2.45) is 0 Å². The normalized spacial score (nSPS) is 10.3. The standard InChI is InChI=1S/C15H18N2/c1-11-10-13(6-9-15(11)16)12-4-7-14(8-5-12)17(2)3/h4-10H,16H2,1-3H3. The van der Waals surface area contributed by atoms with Crippen molar-refractivity contribution in [1.29, 1.82) is 0 Å². The molecule has 0 unspecified atom stereocenters. The van der Waals surface area contributed by atoms with E-state index in [9.17, 15) is 0 Å². The van der Waals surface area contributed by atoms with E-state index in [0.717, 1.165) is 11.3 Å². The second-order valence-corrected chi connectivity index (χ2v) is 4.51. The van der Waals surface area contributed by atoms with Crippen LogP contribution in [-0.2, 0) is 0 Å². The smallest absolute Gasteiger partial charge is 0.0361 e. The molecule has 0 aliphatic rings. The van der Waals surface area contributed by atoms with Gasteiger partial charge in [0.2, 0.25) is 0 Å². The zero-order valence-corrected chi connectivity index (χ0v) is 10.6. The van der Waals surface area contributed by atoms with E-state index in [1.807, 2.05) is 27.1 Å². The van der Waals surface area contributed by atoms with Crippen molar-refractivity contribution in [3.8, 4) is 11.1 Å². The summed E-state index contributed by atoms with van der Waals surface area (Å²) < 4.78 is 0. The zero-order chi connectivity index (χ0) is 12.4. The molecule has 0 saturated heterocycles. The van der Waals surface area contributed by atoms with Gasteiger partial charge < -0.3 is 10.6 Å². The number of anilines is 2. The first-order valence-electron chi connectivity index (χ1n) is 5.72. The Morgan fingerprint density at radius 2 is 1.47 bits per heavy atom. The van der Waals surface area contributed by atoms with Gasteiger partial charge in [0.25, 0.3) is 0 Å². The van der Waals surface area contributed by atoms with Crippen LogP contribution in [0.2, 0.25) is 0 Å². The maximum Gasteiger partial charge on any atom is 0.0361 e. The highest BCUT2D eigenvalue weighted by molar-refractivity contribution is 5.69. The van der Waals surface area contributed by atoms with Crippen LogP contribution < -0.4 is 10.6 Å². The van der Waals surface area contributed by atoms with Crippen LogP contribution in [-0.4, -0.2) is 14.1 Å². The number of rotatable bonds is 2. The minimum Gasteiger partial charge on any atom is -0.399 e. The largest absolute Gasteiger partial charge is 0.399 e. The molecule has 2 rings (SSSR count). The van der Waals surface area contributed by atoms with Crippen LogP contribution in [0.5, 0.6) is 0 Å². The molecule has 0 saturated carbocycles. The molecule has 17 heavy (non-hydrogen) atoms. The van der Waals surface area contributed by atoms with Crippen molar-refractivity contribution in [3.63, 3.8) is 0 Å². The average molecular weight is 226 g/mol. The van der Waals surface area contributed by atoms with E-state index >= 15 is 0 Å². The summed E-state index contributed by atoms with van der Waals surface area (Å²) in [7, 11) is 4.09. The van der Waals surface area contributed by atoms with Gasteiger partial charge >= 0.3 is 0 Å². The molecule has 0 heterocycles. The number of nitrogens with two attached hydrogens (primary N) is 1. The third-order valence-electron chi connectivity index (χ3n) is 2.99. The molecule has 0 bridgehead atoms. The molecule has 2 aromatic carbocycles. The predicted molar refractivity (Wildman–Crippen MR) is 75.4 cm³/mol. The Bertz CT molecular complexity index is 513. The van der Waals surface area contributed by atoms with E-state index in [1.165, 1.54) is 16.8 Å². The summed E-state index contributed by atoms with van der Waals surface area (Å²) in [5.74, 6) is 0. The van der Waals surface area contributed by atoms with Crippen LogP contribution in [0.15, 0.2) is 42.5 Å². The fourth-order valence-corrected chi connectivity index (χ4v) is 1.81. The minimum atomic E-state index is 0.846. The van der Waals surface area contributed by atoms with Crippen LogP contribution >= 0.6 is 0 Å². The quantitative estimate of drug-likeness (QED) is 0.796. The van der Waals surface area contributed by atoms with E-state index in [0.29, 0.717) is 0 Å². The van der Waals surface area contributed by atoms with Crippen molar-refractivity contribution >= 4 is 11.4 Å². The maximum absolute atomic E-state index is 5.82. The van der Waals surface area contributed by atoms with E-state index in [4.69, 9.17) is 5.73 Å². The first-order valence-corrected chi connectivity index (χ1v) is 5.72. The Morgan fingerprint density at radius 3 is 2.00 bits per heavy atom. The Labute approximate surface area is 103 Å². The molecule has 0 aliphatic carbocycles. The fourth-order valence-electron chi connectivity index (χ4n) is 1.81. The van der Waals surface area contributed by atoms with Crippen LogP contribution in [0.25, 0.3) is 11.1 Å². The summed E-state index contributed by atoms with van der Waals surface area (Å²) in [6.07, 6.45) is 0. The molecule has 0 aliphatic heterocycles. The third kappa shape index (κ3) is 2.41. The molecule has 0 atom stereocenters. The van der Waals surface area contributed by atoms with Crippen molar-refractivity contribution in [2.45, 2.75) is 6.92 Å². The summed E-state index contributed by atoms with van der Waals surface area (Å²) in [6, 6.07) is 14.7. The Balaban J connectivity index is 2.36. The number of benzene rings is 2. The lowest BCUT2D eigenvalue weighted by atomic mass is 10.0. The van der Waals surface area contributed by atoms with Gasteiger partial charge in [0.1, 0.15) is 0 Å². The van der Waals surface area contributed by atoms with Crippen molar-refractivity contribution in [2.75, 3.05) is 24.7 Å². The average Bonchev–Trinajstić information content (AvgIpc) is 2.33. The molecule has 0 fully saturated rings. The highest BCUT2D eigenvalue weighted by Gasteiger charge is 2.01. The van der Waals surface area contributed by atoms with Crippen molar-refractivity contribution in [3.05, 3.63) is 48.0 Å². The summed E-state index contributed by atoms with van der Waals surface area (Å²) in [4.78, 5) is 2.10. The molecule has 2 N–H and O–H groups in total. The molecule has 0 aromatic heterocycles. The lowest BCUT2D eigenvalue weighted by Gasteiger charge is -2.13. The van der Waals surface area contributed by atoms with Crippen LogP contribution in [0.3, 0.4) is 0 Å². The van der Waals surface area contributed by atoms with Gasteiger partial charge in [-0.3, -0.25) is 0 Å². The third-order valence-corrected chi connectivity index (χ3v) is 2.99. The molecule has 2 heteroatoms. The molecule has 0 radical (unpaired) electrons. The van der Waals surface area contributed by atoms with Gasteiger partial charge in [-0.15, -0.1) is 0 Å². The monoisotopic (exact) mass is 226 g/mol. The molecule has 0 amide bonds. The summed E-state index contributed by atoms with van der Waals surface area (Å²) in [5, 5.41) is 0. The Kier molecular flexibility index (Phi) is 3.05. The number of nitrogen functional groups attached to an aromatic ring is 1. The van der Waals surface area contributed by atoms with E-state index in [-0.39, 0.29) is 0 Å². The highest BCUT2D eigenvalue weighted by atomic mass is 15.1. The van der Waals surface area contributed by atoms with E-state index in [1.54, 1.807) is 0 Å². The van der Waals surface area contributed by atoms with Gasteiger partial charge in [-0.2, -0.15) is 0 Å². The predicted octanol–water partition coefficient (Wildman–Crippen LogP) is 3.31. The second kappa shape index (κ2) is 4.50. The summed E-state index contributed by atoms with van der Waals surface area (Å²) in [6.45, 7) is 2.03. The number of aryl methyl sites for hydroxylation is 1. The molecular weight excluding hydrogens is 208 g/mol. The van der Waals surface area contributed by atoms with Crippen LogP contribution in [0.4, 0.5) is 11.4 Å². The van der Waals surface area contributed by atoms with Crippen molar-refractivity contribution in [1.82, 2.24) is 0 Å². The topological polar surface area (TPSA) is 29.3 Å². The summed E-state index contributed by atoms with van der Waals surface area (Å²) in [5.41, 5.74) is 11.4. The molecule has 2 aromatic rings. The van der Waals surface area contributed by atoms with Gasteiger partial charge in [-0.25, -0.2) is 0 Å². The molecule has 88 valence electrons.